The SMILES string of the molecule is CCCNCC(=CC1CCC(C)CC1)C1CCCCC1. The van der Waals surface area contributed by atoms with E-state index in [9.17, 15) is 0 Å². The summed E-state index contributed by atoms with van der Waals surface area (Å²) in [5, 5.41) is 3.66. The summed E-state index contributed by atoms with van der Waals surface area (Å²) in [6.07, 6.45) is 17.0. The molecule has 2 aliphatic rings. The van der Waals surface area contributed by atoms with Gasteiger partial charge in [-0.15, -0.1) is 0 Å². The molecule has 2 saturated carbocycles. The third-order valence-electron chi connectivity index (χ3n) is 5.40. The minimum atomic E-state index is 0.881. The van der Waals surface area contributed by atoms with E-state index in [0.29, 0.717) is 0 Å². The Bertz CT molecular complexity index is 280. The Morgan fingerprint density at radius 1 is 1.00 bits per heavy atom. The number of hydrogen-bond donors (Lipinski definition) is 1. The molecule has 1 N–H and O–H groups in total. The maximum atomic E-state index is 3.66. The Kier molecular flexibility index (Phi) is 7.13. The highest BCUT2D eigenvalue weighted by Crippen LogP contribution is 2.34. The third kappa shape index (κ3) is 5.24. The third-order valence-corrected chi connectivity index (χ3v) is 5.40. The lowest BCUT2D eigenvalue weighted by molar-refractivity contribution is 0.324. The van der Waals surface area contributed by atoms with Crippen LogP contribution in [-0.2, 0) is 0 Å². The zero-order chi connectivity index (χ0) is 14.2. The van der Waals surface area contributed by atoms with E-state index in [1.54, 1.807) is 5.57 Å². The summed E-state index contributed by atoms with van der Waals surface area (Å²) < 4.78 is 0. The van der Waals surface area contributed by atoms with Gasteiger partial charge in [-0.2, -0.15) is 0 Å². The molecule has 0 unspecified atom stereocenters. The fourth-order valence-electron chi connectivity index (χ4n) is 3.98. The average Bonchev–Trinajstić information content (AvgIpc) is 2.49. The van der Waals surface area contributed by atoms with Gasteiger partial charge in [-0.25, -0.2) is 0 Å². The van der Waals surface area contributed by atoms with E-state index in [0.717, 1.165) is 24.3 Å². The summed E-state index contributed by atoms with van der Waals surface area (Å²) in [7, 11) is 0. The zero-order valence-corrected chi connectivity index (χ0v) is 13.8. The number of rotatable bonds is 6. The van der Waals surface area contributed by atoms with Crippen molar-refractivity contribution >= 4 is 0 Å². The van der Waals surface area contributed by atoms with Crippen molar-refractivity contribution in [3.8, 4) is 0 Å². The van der Waals surface area contributed by atoms with Crippen molar-refractivity contribution in [2.45, 2.75) is 78.1 Å². The Morgan fingerprint density at radius 3 is 2.35 bits per heavy atom. The lowest BCUT2D eigenvalue weighted by Crippen LogP contribution is -2.24. The maximum Gasteiger partial charge on any atom is 0.0167 e. The van der Waals surface area contributed by atoms with Crippen molar-refractivity contribution < 1.29 is 0 Å². The van der Waals surface area contributed by atoms with E-state index in [1.165, 1.54) is 70.8 Å². The molecular formula is C19H35N. The number of hydrogen-bond acceptors (Lipinski definition) is 1. The van der Waals surface area contributed by atoms with Crippen LogP contribution < -0.4 is 5.32 Å². The highest BCUT2D eigenvalue weighted by atomic mass is 14.8. The van der Waals surface area contributed by atoms with E-state index < -0.39 is 0 Å². The smallest absolute Gasteiger partial charge is 0.0167 e. The summed E-state index contributed by atoms with van der Waals surface area (Å²) in [6, 6.07) is 0. The summed E-state index contributed by atoms with van der Waals surface area (Å²) in [5.74, 6) is 2.75. The Balaban J connectivity index is 1.92. The summed E-state index contributed by atoms with van der Waals surface area (Å²) >= 11 is 0. The molecule has 0 amide bonds. The van der Waals surface area contributed by atoms with E-state index in [4.69, 9.17) is 0 Å². The van der Waals surface area contributed by atoms with Crippen LogP contribution in [0.3, 0.4) is 0 Å². The molecule has 2 fully saturated rings. The van der Waals surface area contributed by atoms with Gasteiger partial charge in [0.25, 0.3) is 0 Å². The zero-order valence-electron chi connectivity index (χ0n) is 13.8. The summed E-state index contributed by atoms with van der Waals surface area (Å²) in [5.41, 5.74) is 1.76. The molecule has 0 bridgehead atoms. The molecule has 0 aliphatic heterocycles. The second-order valence-corrected chi connectivity index (χ2v) is 7.27. The standard InChI is InChI=1S/C19H35N/c1-3-13-20-15-19(18-7-5-4-6-8-18)14-17-11-9-16(2)10-12-17/h14,16-18,20H,3-13,15H2,1-2H3. The molecule has 0 radical (unpaired) electrons. The molecule has 1 heteroatoms. The highest BCUT2D eigenvalue weighted by Gasteiger charge is 2.21. The number of nitrogens with one attached hydrogen (secondary N) is 1. The van der Waals surface area contributed by atoms with E-state index in [1.807, 2.05) is 0 Å². The van der Waals surface area contributed by atoms with E-state index in [2.05, 4.69) is 25.2 Å². The van der Waals surface area contributed by atoms with Crippen LogP contribution in [0.25, 0.3) is 0 Å². The molecule has 0 atom stereocenters. The van der Waals surface area contributed by atoms with Gasteiger partial charge >= 0.3 is 0 Å². The first-order valence-corrected chi connectivity index (χ1v) is 9.21. The first-order chi connectivity index (χ1) is 9.79. The van der Waals surface area contributed by atoms with Gasteiger partial charge in [0.05, 0.1) is 0 Å². The second kappa shape index (κ2) is 8.87. The molecule has 0 aromatic carbocycles. The lowest BCUT2D eigenvalue weighted by atomic mass is 9.78. The van der Waals surface area contributed by atoms with Gasteiger partial charge in [0.1, 0.15) is 0 Å². The van der Waals surface area contributed by atoms with E-state index in [-0.39, 0.29) is 0 Å². The Morgan fingerprint density at radius 2 is 1.70 bits per heavy atom. The van der Waals surface area contributed by atoms with Crippen LogP contribution in [-0.4, -0.2) is 13.1 Å². The van der Waals surface area contributed by atoms with Gasteiger partial charge in [-0.05, 0) is 56.4 Å². The average molecular weight is 277 g/mol. The second-order valence-electron chi connectivity index (χ2n) is 7.27. The first-order valence-electron chi connectivity index (χ1n) is 9.21. The van der Waals surface area contributed by atoms with E-state index >= 15 is 0 Å². The minimum Gasteiger partial charge on any atom is -0.313 e. The van der Waals surface area contributed by atoms with Crippen molar-refractivity contribution in [3.05, 3.63) is 11.6 Å². The quantitative estimate of drug-likeness (QED) is 0.512. The normalized spacial score (nSPS) is 29.6. The molecule has 2 rings (SSSR count). The van der Waals surface area contributed by atoms with Gasteiger partial charge in [0.2, 0.25) is 0 Å². The Hall–Kier alpha value is -0.300. The monoisotopic (exact) mass is 277 g/mol. The molecule has 20 heavy (non-hydrogen) atoms. The Labute approximate surface area is 126 Å². The van der Waals surface area contributed by atoms with Crippen LogP contribution in [0.1, 0.15) is 78.1 Å². The molecule has 1 nitrogen and oxygen atoms in total. The first kappa shape index (κ1) is 16.1. The van der Waals surface area contributed by atoms with Crippen LogP contribution in [0.4, 0.5) is 0 Å². The van der Waals surface area contributed by atoms with Gasteiger partial charge in [-0.3, -0.25) is 0 Å². The largest absolute Gasteiger partial charge is 0.313 e. The van der Waals surface area contributed by atoms with Gasteiger partial charge < -0.3 is 5.32 Å². The molecule has 0 aromatic rings. The molecule has 2 aliphatic carbocycles. The van der Waals surface area contributed by atoms with Gasteiger partial charge in [0, 0.05) is 6.54 Å². The predicted molar refractivity (Wildman–Crippen MR) is 88.9 cm³/mol. The van der Waals surface area contributed by atoms with Crippen molar-refractivity contribution in [1.29, 1.82) is 0 Å². The lowest BCUT2D eigenvalue weighted by Gasteiger charge is -2.29. The maximum absolute atomic E-state index is 3.66. The van der Waals surface area contributed by atoms with Gasteiger partial charge in [0.15, 0.2) is 0 Å². The topological polar surface area (TPSA) is 12.0 Å². The van der Waals surface area contributed by atoms with Crippen LogP contribution in [0.15, 0.2) is 11.6 Å². The van der Waals surface area contributed by atoms with Crippen LogP contribution in [0.2, 0.25) is 0 Å². The fourth-order valence-corrected chi connectivity index (χ4v) is 3.98. The predicted octanol–water partition coefficient (Wildman–Crippen LogP) is 5.32. The summed E-state index contributed by atoms with van der Waals surface area (Å²) in [6.45, 7) is 7.01. The van der Waals surface area contributed by atoms with Gasteiger partial charge in [-0.1, -0.05) is 57.6 Å². The minimum absolute atomic E-state index is 0.881. The molecule has 116 valence electrons. The van der Waals surface area contributed by atoms with Crippen molar-refractivity contribution in [1.82, 2.24) is 5.32 Å². The number of allylic oxidation sites excluding steroid dienone is 1. The fraction of sp³-hybridized carbons (Fsp3) is 0.895. The van der Waals surface area contributed by atoms with Crippen molar-refractivity contribution in [2.24, 2.45) is 17.8 Å². The van der Waals surface area contributed by atoms with Crippen molar-refractivity contribution in [3.63, 3.8) is 0 Å². The van der Waals surface area contributed by atoms with Crippen molar-refractivity contribution in [2.75, 3.05) is 13.1 Å². The molecule has 0 aromatic heterocycles. The highest BCUT2D eigenvalue weighted by molar-refractivity contribution is 5.12. The molecule has 0 heterocycles. The molecular weight excluding hydrogens is 242 g/mol. The van der Waals surface area contributed by atoms with Crippen LogP contribution in [0.5, 0.6) is 0 Å². The molecule has 0 spiro atoms. The molecule has 0 saturated heterocycles. The van der Waals surface area contributed by atoms with Crippen LogP contribution >= 0.6 is 0 Å². The summed E-state index contributed by atoms with van der Waals surface area (Å²) in [4.78, 5) is 0. The van der Waals surface area contributed by atoms with Crippen LogP contribution in [0, 0.1) is 17.8 Å².